The van der Waals surface area contributed by atoms with Crippen molar-refractivity contribution >= 4 is 28.5 Å². The van der Waals surface area contributed by atoms with E-state index in [1.54, 1.807) is 6.92 Å². The lowest BCUT2D eigenvalue weighted by Gasteiger charge is -2.26. The van der Waals surface area contributed by atoms with E-state index in [0.717, 1.165) is 17.5 Å². The van der Waals surface area contributed by atoms with Crippen LogP contribution in [0.4, 0.5) is 5.69 Å². The van der Waals surface area contributed by atoms with Gasteiger partial charge in [-0.15, -0.1) is 0 Å². The maximum absolute atomic E-state index is 13.2. The highest BCUT2D eigenvalue weighted by molar-refractivity contribution is 5.99. The summed E-state index contributed by atoms with van der Waals surface area (Å²) in [7, 11) is 1.17. The molecule has 1 aromatic heterocycles. The number of ether oxygens (including phenoxy) is 1. The summed E-state index contributed by atoms with van der Waals surface area (Å²) < 4.78 is 10.5. The molecule has 3 rings (SSSR count). The summed E-state index contributed by atoms with van der Waals surface area (Å²) in [5, 5.41) is 12.2. The molecule has 0 fully saturated rings. The number of carbonyl (C=O) groups excluding carboxylic acids is 2. The third kappa shape index (κ3) is 3.96. The number of methoxy groups -OCH3 is 1. The zero-order chi connectivity index (χ0) is 21.1. The van der Waals surface area contributed by atoms with E-state index in [1.165, 1.54) is 18.1 Å². The lowest BCUT2D eigenvalue weighted by molar-refractivity contribution is -0.384. The summed E-state index contributed by atoms with van der Waals surface area (Å²) in [5.41, 5.74) is 0.326. The number of furan rings is 1. The number of para-hydroxylation sites is 1. The monoisotopic (exact) mass is 396 g/mol. The number of nitro benzene ring substituents is 1. The van der Waals surface area contributed by atoms with Gasteiger partial charge in [-0.05, 0) is 32.0 Å². The molecule has 1 atom stereocenters. The van der Waals surface area contributed by atoms with E-state index in [4.69, 9.17) is 4.42 Å². The molecule has 0 saturated carbocycles. The number of amides is 1. The number of non-ortho nitro benzene ring substituents is 1. The van der Waals surface area contributed by atoms with Crippen molar-refractivity contribution < 1.29 is 23.7 Å². The maximum atomic E-state index is 13.2. The quantitative estimate of drug-likeness (QED) is 0.349. The molecule has 8 heteroatoms. The summed E-state index contributed by atoms with van der Waals surface area (Å²) in [4.78, 5) is 37.1. The van der Waals surface area contributed by atoms with Crippen molar-refractivity contribution in [2.24, 2.45) is 0 Å². The molecule has 150 valence electrons. The van der Waals surface area contributed by atoms with E-state index in [-0.39, 0.29) is 16.8 Å². The Balaban J connectivity index is 1.99. The SMILES string of the molecule is CCN(C(=O)c1cc(C(=O)OC)cc([N+](=O)[O-])c1)C(C)c1cc2ccccc2o1. The van der Waals surface area contributed by atoms with Gasteiger partial charge >= 0.3 is 5.97 Å². The van der Waals surface area contributed by atoms with Gasteiger partial charge in [0, 0.05) is 29.6 Å². The molecule has 3 aromatic rings. The van der Waals surface area contributed by atoms with Crippen LogP contribution < -0.4 is 0 Å². The van der Waals surface area contributed by atoms with Gasteiger partial charge in [-0.1, -0.05) is 18.2 Å². The summed E-state index contributed by atoms with van der Waals surface area (Å²) in [6, 6.07) is 12.5. The number of carbonyl (C=O) groups is 2. The van der Waals surface area contributed by atoms with Crippen LogP contribution in [0.15, 0.2) is 52.9 Å². The van der Waals surface area contributed by atoms with Crippen LogP contribution in [0.5, 0.6) is 0 Å². The minimum atomic E-state index is -0.754. The van der Waals surface area contributed by atoms with Crippen LogP contribution in [0.1, 0.15) is 46.4 Å². The number of nitro groups is 1. The molecule has 1 heterocycles. The highest BCUT2D eigenvalue weighted by atomic mass is 16.6. The van der Waals surface area contributed by atoms with Crippen molar-refractivity contribution in [2.45, 2.75) is 19.9 Å². The summed E-state index contributed by atoms with van der Waals surface area (Å²) in [6.45, 7) is 3.96. The molecule has 0 bridgehead atoms. The fourth-order valence-corrected chi connectivity index (χ4v) is 3.20. The second-order valence-corrected chi connectivity index (χ2v) is 6.47. The van der Waals surface area contributed by atoms with Crippen molar-refractivity contribution in [1.82, 2.24) is 4.90 Å². The number of rotatable bonds is 6. The first kappa shape index (κ1) is 20.1. The molecule has 0 N–H and O–H groups in total. The number of hydrogen-bond acceptors (Lipinski definition) is 6. The Bertz CT molecular complexity index is 1050. The molecule has 0 aliphatic heterocycles. The van der Waals surface area contributed by atoms with Crippen LogP contribution in [0.2, 0.25) is 0 Å². The average Bonchev–Trinajstić information content (AvgIpc) is 3.17. The fraction of sp³-hybridized carbons (Fsp3) is 0.238. The molecule has 2 aromatic carbocycles. The Labute approximate surface area is 166 Å². The van der Waals surface area contributed by atoms with E-state index < -0.39 is 22.8 Å². The van der Waals surface area contributed by atoms with E-state index >= 15 is 0 Å². The van der Waals surface area contributed by atoms with Gasteiger partial charge in [-0.25, -0.2) is 4.79 Å². The van der Waals surface area contributed by atoms with Gasteiger partial charge in [-0.3, -0.25) is 14.9 Å². The van der Waals surface area contributed by atoms with Crippen LogP contribution in [-0.4, -0.2) is 35.4 Å². The van der Waals surface area contributed by atoms with Gasteiger partial charge in [0.05, 0.1) is 23.6 Å². The standard InChI is InChI=1S/C21H20N2O6/c1-4-22(13(2)19-12-14-7-5-6-8-18(14)29-19)20(24)15-9-16(21(25)28-3)11-17(10-15)23(26)27/h5-13H,4H2,1-3H3. The Kier molecular flexibility index (Phi) is 5.63. The predicted molar refractivity (Wildman–Crippen MR) is 106 cm³/mol. The first-order valence-electron chi connectivity index (χ1n) is 9.03. The molecule has 29 heavy (non-hydrogen) atoms. The zero-order valence-corrected chi connectivity index (χ0v) is 16.2. The highest BCUT2D eigenvalue weighted by Gasteiger charge is 2.26. The van der Waals surface area contributed by atoms with E-state index in [2.05, 4.69) is 4.74 Å². The van der Waals surface area contributed by atoms with Gasteiger partial charge < -0.3 is 14.1 Å². The molecule has 0 aliphatic carbocycles. The third-order valence-corrected chi connectivity index (χ3v) is 4.72. The lowest BCUT2D eigenvalue weighted by atomic mass is 10.1. The number of esters is 1. The molecule has 0 aliphatic rings. The second-order valence-electron chi connectivity index (χ2n) is 6.47. The van der Waals surface area contributed by atoms with Crippen LogP contribution >= 0.6 is 0 Å². The van der Waals surface area contributed by atoms with Gasteiger partial charge in [0.25, 0.3) is 11.6 Å². The molecule has 8 nitrogen and oxygen atoms in total. The smallest absolute Gasteiger partial charge is 0.338 e. The van der Waals surface area contributed by atoms with Crippen molar-refractivity contribution in [2.75, 3.05) is 13.7 Å². The average molecular weight is 396 g/mol. The number of nitrogens with zero attached hydrogens (tertiary/aromatic N) is 2. The topological polar surface area (TPSA) is 103 Å². The Morgan fingerprint density at radius 2 is 1.86 bits per heavy atom. The van der Waals surface area contributed by atoms with E-state index in [0.29, 0.717) is 17.9 Å². The molecule has 0 spiro atoms. The first-order chi connectivity index (χ1) is 13.8. The Morgan fingerprint density at radius 1 is 1.17 bits per heavy atom. The largest absolute Gasteiger partial charge is 0.465 e. The van der Waals surface area contributed by atoms with Crippen molar-refractivity contribution in [3.05, 3.63) is 75.5 Å². The number of hydrogen-bond donors (Lipinski definition) is 0. The maximum Gasteiger partial charge on any atom is 0.338 e. The molecular formula is C21H20N2O6. The zero-order valence-electron chi connectivity index (χ0n) is 16.2. The number of fused-ring (bicyclic) bond motifs is 1. The van der Waals surface area contributed by atoms with Gasteiger partial charge in [0.15, 0.2) is 0 Å². The summed E-state index contributed by atoms with van der Waals surface area (Å²) in [5.74, 6) is -0.606. The lowest BCUT2D eigenvalue weighted by Crippen LogP contribution is -2.33. The molecule has 1 unspecified atom stereocenters. The fourth-order valence-electron chi connectivity index (χ4n) is 3.20. The van der Waals surface area contributed by atoms with Crippen LogP contribution in [-0.2, 0) is 4.74 Å². The Morgan fingerprint density at radius 3 is 2.48 bits per heavy atom. The molecule has 0 radical (unpaired) electrons. The highest BCUT2D eigenvalue weighted by Crippen LogP contribution is 2.29. The minimum absolute atomic E-state index is 0.0319. The number of benzene rings is 2. The van der Waals surface area contributed by atoms with Crippen LogP contribution in [0, 0.1) is 10.1 Å². The van der Waals surface area contributed by atoms with E-state index in [9.17, 15) is 19.7 Å². The van der Waals surface area contributed by atoms with Crippen molar-refractivity contribution in [3.63, 3.8) is 0 Å². The summed E-state index contributed by atoms with van der Waals surface area (Å²) in [6.07, 6.45) is 0. The van der Waals surface area contributed by atoms with Crippen LogP contribution in [0.25, 0.3) is 11.0 Å². The molecule has 1 amide bonds. The van der Waals surface area contributed by atoms with E-state index in [1.807, 2.05) is 37.3 Å². The van der Waals surface area contributed by atoms with Crippen molar-refractivity contribution in [3.8, 4) is 0 Å². The van der Waals surface area contributed by atoms with Gasteiger partial charge in [0.1, 0.15) is 11.3 Å². The summed E-state index contributed by atoms with van der Waals surface area (Å²) >= 11 is 0. The first-order valence-corrected chi connectivity index (χ1v) is 9.03. The second kappa shape index (κ2) is 8.14. The predicted octanol–water partition coefficient (Wildman–Crippen LogP) is 4.35. The van der Waals surface area contributed by atoms with Gasteiger partial charge in [-0.2, -0.15) is 0 Å². The Hall–Kier alpha value is -3.68. The molecule has 0 saturated heterocycles. The van der Waals surface area contributed by atoms with Crippen molar-refractivity contribution in [1.29, 1.82) is 0 Å². The van der Waals surface area contributed by atoms with Gasteiger partial charge in [0.2, 0.25) is 0 Å². The van der Waals surface area contributed by atoms with Crippen LogP contribution in [0.3, 0.4) is 0 Å². The minimum Gasteiger partial charge on any atom is -0.465 e. The normalized spacial score (nSPS) is 11.8. The molecular weight excluding hydrogens is 376 g/mol. The third-order valence-electron chi connectivity index (χ3n) is 4.72.